The van der Waals surface area contributed by atoms with E-state index >= 15 is 0 Å². The van der Waals surface area contributed by atoms with Gasteiger partial charge in [-0.1, -0.05) is 0 Å². The Hall–Kier alpha value is -0.501. The van der Waals surface area contributed by atoms with Crippen LogP contribution in [0.1, 0.15) is 12.0 Å². The zero-order valence-corrected chi connectivity index (χ0v) is 13.4. The molecule has 0 amide bonds. The molecule has 1 N–H and O–H groups in total. The van der Waals surface area contributed by atoms with Gasteiger partial charge in [-0.05, 0) is 0 Å². The minimum absolute atomic E-state index is 0.964. The zero-order chi connectivity index (χ0) is 13.1. The number of hydrogen-bond acceptors (Lipinski definition) is 1. The predicted molar refractivity (Wildman–Crippen MR) is 79.2 cm³/mol. The van der Waals surface area contributed by atoms with Crippen molar-refractivity contribution in [1.82, 2.24) is 0 Å². The molecule has 19 heavy (non-hydrogen) atoms. The normalized spacial score (nSPS) is 30.1. The molecule has 2 aliphatic rings. The van der Waals surface area contributed by atoms with E-state index in [1.165, 1.54) is 38.0 Å². The molecule has 0 saturated carbocycles. The summed E-state index contributed by atoms with van der Waals surface area (Å²) >= 11 is 0.967. The third kappa shape index (κ3) is 3.53. The maximum absolute atomic E-state index is 5.21. The topological polar surface area (TPSA) is 13.7 Å². The van der Waals surface area contributed by atoms with Gasteiger partial charge in [0.05, 0.1) is 0 Å². The number of ether oxygens (including phenoxy) is 1. The van der Waals surface area contributed by atoms with Crippen LogP contribution in [0, 0.1) is 11.8 Å². The first-order valence-electron chi connectivity index (χ1n) is 7.37. The van der Waals surface area contributed by atoms with Crippen LogP contribution in [0.4, 0.5) is 0 Å². The van der Waals surface area contributed by atoms with Gasteiger partial charge in [0.25, 0.3) is 0 Å². The van der Waals surface area contributed by atoms with Crippen LogP contribution in [0.3, 0.4) is 0 Å². The summed E-state index contributed by atoms with van der Waals surface area (Å²) in [6.07, 6.45) is 2.75. The molecule has 0 aromatic heterocycles. The summed E-state index contributed by atoms with van der Waals surface area (Å²) in [5, 5.41) is 3.10. The van der Waals surface area contributed by atoms with Crippen LogP contribution in [0.15, 0.2) is 24.3 Å². The Labute approximate surface area is 122 Å². The second-order valence-corrected chi connectivity index (χ2v) is 8.27. The quantitative estimate of drug-likeness (QED) is 0.824. The van der Waals surface area contributed by atoms with Crippen molar-refractivity contribution in [2.45, 2.75) is 23.5 Å². The molecule has 2 nitrogen and oxygen atoms in total. The summed E-state index contributed by atoms with van der Waals surface area (Å²) in [6, 6.07) is 8.59. The van der Waals surface area contributed by atoms with Crippen LogP contribution in [0.5, 0.6) is 5.75 Å². The molecule has 2 unspecified atom stereocenters. The molecule has 1 aromatic rings. The number of rotatable bonds is 4. The van der Waals surface area contributed by atoms with Gasteiger partial charge in [0.15, 0.2) is 0 Å². The second-order valence-electron chi connectivity index (χ2n) is 6.01. The van der Waals surface area contributed by atoms with Crippen molar-refractivity contribution in [3.8, 4) is 5.75 Å². The van der Waals surface area contributed by atoms with Crippen molar-refractivity contribution in [3.05, 3.63) is 29.8 Å². The molecule has 2 heterocycles. The Kier molecular flexibility index (Phi) is 4.47. The average Bonchev–Trinajstić information content (AvgIpc) is 2.45. The molecule has 3 rings (SSSR count). The number of likely N-dealkylation sites (tertiary alicyclic amines) is 1. The average molecular weight is 325 g/mol. The van der Waals surface area contributed by atoms with Crippen molar-refractivity contribution >= 4 is 15.0 Å². The summed E-state index contributed by atoms with van der Waals surface area (Å²) in [6.45, 7) is 4.19. The molecule has 2 atom stereocenters. The van der Waals surface area contributed by atoms with Gasteiger partial charge in [-0.25, -0.2) is 0 Å². The Morgan fingerprint density at radius 3 is 2.47 bits per heavy atom. The van der Waals surface area contributed by atoms with E-state index in [-0.39, 0.29) is 0 Å². The minimum atomic E-state index is 0.964. The van der Waals surface area contributed by atoms with E-state index in [0.717, 1.165) is 32.5 Å². The fourth-order valence-corrected chi connectivity index (χ4v) is 6.26. The predicted octanol–water partition coefficient (Wildman–Crippen LogP) is 1.31. The Morgan fingerprint density at radius 1 is 1.16 bits per heavy atom. The Morgan fingerprint density at radius 2 is 1.84 bits per heavy atom. The monoisotopic (exact) mass is 326 g/mol. The van der Waals surface area contributed by atoms with Crippen molar-refractivity contribution in [3.63, 3.8) is 0 Å². The number of benzene rings is 1. The van der Waals surface area contributed by atoms with Gasteiger partial charge in [0.2, 0.25) is 0 Å². The van der Waals surface area contributed by atoms with Gasteiger partial charge in [0, 0.05) is 0 Å². The maximum atomic E-state index is 5.21. The van der Waals surface area contributed by atoms with Gasteiger partial charge in [-0.15, -0.1) is 0 Å². The van der Waals surface area contributed by atoms with E-state index in [0.29, 0.717) is 0 Å². The van der Waals surface area contributed by atoms with Crippen LogP contribution in [0.2, 0.25) is 10.6 Å². The number of piperidine rings is 1. The van der Waals surface area contributed by atoms with Gasteiger partial charge >= 0.3 is 122 Å². The molecule has 2 aliphatic heterocycles. The summed E-state index contributed by atoms with van der Waals surface area (Å²) < 4.78 is 5.21. The van der Waals surface area contributed by atoms with Crippen LogP contribution in [-0.4, -0.2) is 41.7 Å². The van der Waals surface area contributed by atoms with Crippen LogP contribution in [-0.2, 0) is 6.42 Å². The number of fused-ring (bicyclic) bond motifs is 2. The van der Waals surface area contributed by atoms with Gasteiger partial charge in [-0.2, -0.15) is 0 Å². The van der Waals surface area contributed by atoms with Crippen LogP contribution < -0.4 is 9.64 Å². The fourth-order valence-electron chi connectivity index (χ4n) is 3.51. The first kappa shape index (κ1) is 13.5. The van der Waals surface area contributed by atoms with E-state index < -0.39 is 0 Å². The molecule has 2 saturated heterocycles. The Balaban J connectivity index is 1.51. The fraction of sp³-hybridized carbons (Fsp3) is 0.625. The van der Waals surface area contributed by atoms with E-state index in [1.54, 1.807) is 17.7 Å². The third-order valence-electron chi connectivity index (χ3n) is 4.45. The second kappa shape index (κ2) is 6.30. The molecule has 0 aliphatic carbocycles. The van der Waals surface area contributed by atoms with E-state index in [2.05, 4.69) is 24.3 Å². The van der Waals surface area contributed by atoms with Crippen molar-refractivity contribution < 1.29 is 9.64 Å². The number of hydrogen-bond donors (Lipinski definition) is 1. The molecule has 2 bridgehead atoms. The van der Waals surface area contributed by atoms with Crippen molar-refractivity contribution in [1.29, 1.82) is 0 Å². The van der Waals surface area contributed by atoms with Gasteiger partial charge < -0.3 is 0 Å². The molecular weight excluding hydrogens is 301 g/mol. The zero-order valence-electron chi connectivity index (χ0n) is 11.7. The first-order chi connectivity index (χ1) is 9.33. The number of quaternary nitrogens is 1. The van der Waals surface area contributed by atoms with Gasteiger partial charge in [-0.3, -0.25) is 0 Å². The van der Waals surface area contributed by atoms with Crippen molar-refractivity contribution in [2.75, 3.05) is 26.7 Å². The van der Waals surface area contributed by atoms with Crippen molar-refractivity contribution in [2.24, 2.45) is 11.8 Å². The summed E-state index contributed by atoms with van der Waals surface area (Å²) in [5.41, 5.74) is 1.45. The molecule has 3 heteroatoms. The third-order valence-corrected chi connectivity index (χ3v) is 7.42. The number of methoxy groups -OCH3 is 1. The molecule has 0 spiro atoms. The van der Waals surface area contributed by atoms with E-state index in [1.807, 2.05) is 4.90 Å². The summed E-state index contributed by atoms with van der Waals surface area (Å²) in [5.74, 6) is 3.07. The molecule has 0 radical (unpaired) electrons. The molecule has 104 valence electrons. The SMILES string of the molecule is COc1ccc(CC[NH+]2CC3C[Se]CC(C3)C2)cc1. The number of nitrogens with one attached hydrogen (secondary N) is 1. The summed E-state index contributed by atoms with van der Waals surface area (Å²) in [7, 11) is 1.73. The van der Waals surface area contributed by atoms with Crippen LogP contribution in [0.25, 0.3) is 0 Å². The molecular formula is C16H24NOSe+. The standard InChI is InChI=1S/C16H23NOSe/c1-18-16-4-2-13(3-5-16)6-7-17-9-14-8-15(10-17)12-19-11-14/h2-5,14-15H,6-12H2,1H3/p+1. The summed E-state index contributed by atoms with van der Waals surface area (Å²) in [4.78, 5) is 1.85. The molecule has 1 aromatic carbocycles. The van der Waals surface area contributed by atoms with Gasteiger partial charge in [0.1, 0.15) is 0 Å². The van der Waals surface area contributed by atoms with E-state index in [4.69, 9.17) is 4.74 Å². The van der Waals surface area contributed by atoms with E-state index in [9.17, 15) is 0 Å². The first-order valence-corrected chi connectivity index (χ1v) is 9.80. The Bertz CT molecular complexity index is 394. The molecule has 2 fully saturated rings. The van der Waals surface area contributed by atoms with Crippen LogP contribution >= 0.6 is 0 Å².